The molecule has 1 aliphatic rings. The lowest BCUT2D eigenvalue weighted by atomic mass is 9.93. The number of ether oxygens (including phenoxy) is 1. The number of nitrogens with zero attached hydrogens (tertiary/aromatic N) is 1. The second-order valence-electron chi connectivity index (χ2n) is 4.72. The van der Waals surface area contributed by atoms with Gasteiger partial charge in [-0.2, -0.15) is 0 Å². The maximum Gasteiger partial charge on any atom is 0.0702 e. The van der Waals surface area contributed by atoms with E-state index >= 15 is 0 Å². The van der Waals surface area contributed by atoms with Crippen LogP contribution in [-0.2, 0) is 4.74 Å². The van der Waals surface area contributed by atoms with E-state index in [2.05, 4.69) is 25.7 Å². The third-order valence-electron chi connectivity index (χ3n) is 3.75. The van der Waals surface area contributed by atoms with Crippen molar-refractivity contribution < 1.29 is 4.74 Å². The zero-order chi connectivity index (χ0) is 11.3. The van der Waals surface area contributed by atoms with E-state index in [1.807, 2.05) is 0 Å². The average Bonchev–Trinajstić information content (AvgIpc) is 2.29. The summed E-state index contributed by atoms with van der Waals surface area (Å²) in [5.41, 5.74) is 6.05. The predicted molar refractivity (Wildman–Crippen MR) is 64.0 cm³/mol. The van der Waals surface area contributed by atoms with Gasteiger partial charge in [0.15, 0.2) is 0 Å². The lowest BCUT2D eigenvalue weighted by Crippen LogP contribution is -2.56. The standard InChI is InChI=1S/C12H26N2O/c1-4-12(3,10-13)14-8-6-7-11(9-14)15-5-2/h11H,4-10,13H2,1-3H3. The molecule has 0 amide bonds. The molecule has 1 rings (SSSR count). The third kappa shape index (κ3) is 3.16. The number of hydrogen-bond acceptors (Lipinski definition) is 3. The lowest BCUT2D eigenvalue weighted by Gasteiger charge is -2.44. The molecule has 15 heavy (non-hydrogen) atoms. The Morgan fingerprint density at radius 3 is 2.73 bits per heavy atom. The number of piperidine rings is 1. The molecule has 0 saturated carbocycles. The van der Waals surface area contributed by atoms with E-state index in [1.165, 1.54) is 19.4 Å². The van der Waals surface area contributed by atoms with Crippen molar-refractivity contribution in [2.75, 3.05) is 26.2 Å². The van der Waals surface area contributed by atoms with Crippen molar-refractivity contribution in [1.29, 1.82) is 0 Å². The van der Waals surface area contributed by atoms with Gasteiger partial charge >= 0.3 is 0 Å². The molecular formula is C12H26N2O. The SMILES string of the molecule is CCOC1CCCN(C(C)(CC)CN)C1. The third-order valence-corrected chi connectivity index (χ3v) is 3.75. The highest BCUT2D eigenvalue weighted by Crippen LogP contribution is 2.24. The Bertz CT molecular complexity index is 178. The van der Waals surface area contributed by atoms with Gasteiger partial charge < -0.3 is 10.5 Å². The average molecular weight is 214 g/mol. The maximum atomic E-state index is 5.89. The molecule has 0 aromatic heterocycles. The molecule has 2 N–H and O–H groups in total. The summed E-state index contributed by atoms with van der Waals surface area (Å²) in [5, 5.41) is 0. The lowest BCUT2D eigenvalue weighted by molar-refractivity contribution is -0.0290. The Hall–Kier alpha value is -0.120. The van der Waals surface area contributed by atoms with Crippen LogP contribution in [0.3, 0.4) is 0 Å². The fraction of sp³-hybridized carbons (Fsp3) is 1.00. The molecule has 3 heteroatoms. The Labute approximate surface area is 94.0 Å². The van der Waals surface area contributed by atoms with Crippen LogP contribution in [0.15, 0.2) is 0 Å². The van der Waals surface area contributed by atoms with E-state index in [0.717, 1.165) is 26.1 Å². The molecular weight excluding hydrogens is 188 g/mol. The molecule has 90 valence electrons. The molecule has 0 radical (unpaired) electrons. The van der Waals surface area contributed by atoms with E-state index < -0.39 is 0 Å². The zero-order valence-electron chi connectivity index (χ0n) is 10.5. The summed E-state index contributed by atoms with van der Waals surface area (Å²) in [6, 6.07) is 0. The Morgan fingerprint density at radius 1 is 1.47 bits per heavy atom. The van der Waals surface area contributed by atoms with Gasteiger partial charge in [0.2, 0.25) is 0 Å². The minimum atomic E-state index is 0.162. The summed E-state index contributed by atoms with van der Waals surface area (Å²) in [6.45, 7) is 10.3. The zero-order valence-corrected chi connectivity index (χ0v) is 10.5. The highest BCUT2D eigenvalue weighted by molar-refractivity contribution is 4.89. The Kier molecular flexibility index (Phi) is 5.03. The molecule has 0 aromatic rings. The molecule has 2 atom stereocenters. The monoisotopic (exact) mass is 214 g/mol. The van der Waals surface area contributed by atoms with E-state index in [4.69, 9.17) is 10.5 Å². The number of likely N-dealkylation sites (tertiary alicyclic amines) is 1. The van der Waals surface area contributed by atoms with Gasteiger partial charge in [0, 0.05) is 25.2 Å². The predicted octanol–water partition coefficient (Wildman–Crippen LogP) is 1.61. The van der Waals surface area contributed by atoms with Crippen molar-refractivity contribution in [2.45, 2.75) is 51.7 Å². The summed E-state index contributed by atoms with van der Waals surface area (Å²) in [6.07, 6.45) is 3.97. The smallest absolute Gasteiger partial charge is 0.0702 e. The van der Waals surface area contributed by atoms with Crippen LogP contribution in [0, 0.1) is 0 Å². The molecule has 3 nitrogen and oxygen atoms in total. The largest absolute Gasteiger partial charge is 0.377 e. The number of rotatable bonds is 5. The first-order valence-electron chi connectivity index (χ1n) is 6.23. The van der Waals surface area contributed by atoms with Crippen molar-refractivity contribution in [3.63, 3.8) is 0 Å². The minimum Gasteiger partial charge on any atom is -0.377 e. The molecule has 2 unspecified atom stereocenters. The van der Waals surface area contributed by atoms with Crippen LogP contribution in [0.1, 0.15) is 40.0 Å². The summed E-state index contributed by atoms with van der Waals surface area (Å²) in [4.78, 5) is 2.51. The molecule has 0 aromatic carbocycles. The molecule has 1 fully saturated rings. The van der Waals surface area contributed by atoms with Crippen LogP contribution in [-0.4, -0.2) is 42.8 Å². The summed E-state index contributed by atoms with van der Waals surface area (Å²) in [5.74, 6) is 0. The summed E-state index contributed by atoms with van der Waals surface area (Å²) >= 11 is 0. The first-order chi connectivity index (χ1) is 7.16. The van der Waals surface area contributed by atoms with E-state index in [9.17, 15) is 0 Å². The van der Waals surface area contributed by atoms with Crippen LogP contribution < -0.4 is 5.73 Å². The molecule has 0 bridgehead atoms. The van der Waals surface area contributed by atoms with Gasteiger partial charge in [-0.25, -0.2) is 0 Å². The van der Waals surface area contributed by atoms with Gasteiger partial charge in [-0.1, -0.05) is 6.92 Å². The van der Waals surface area contributed by atoms with Crippen molar-refractivity contribution in [3.8, 4) is 0 Å². The minimum absolute atomic E-state index is 0.162. The van der Waals surface area contributed by atoms with Gasteiger partial charge in [0.05, 0.1) is 6.10 Å². The Balaban J connectivity index is 2.54. The summed E-state index contributed by atoms with van der Waals surface area (Å²) in [7, 11) is 0. The first-order valence-corrected chi connectivity index (χ1v) is 6.23. The molecule has 1 heterocycles. The van der Waals surface area contributed by atoms with Crippen molar-refractivity contribution in [2.24, 2.45) is 5.73 Å². The van der Waals surface area contributed by atoms with Crippen LogP contribution in [0.5, 0.6) is 0 Å². The molecule has 1 aliphatic heterocycles. The Morgan fingerprint density at radius 2 is 2.20 bits per heavy atom. The maximum absolute atomic E-state index is 5.89. The van der Waals surface area contributed by atoms with Crippen LogP contribution in [0.25, 0.3) is 0 Å². The van der Waals surface area contributed by atoms with Crippen molar-refractivity contribution >= 4 is 0 Å². The van der Waals surface area contributed by atoms with Gasteiger partial charge in [-0.3, -0.25) is 4.90 Å². The normalized spacial score (nSPS) is 27.6. The highest BCUT2D eigenvalue weighted by atomic mass is 16.5. The van der Waals surface area contributed by atoms with Gasteiger partial charge in [-0.05, 0) is 39.7 Å². The molecule has 0 aliphatic carbocycles. The van der Waals surface area contributed by atoms with Crippen LogP contribution >= 0.6 is 0 Å². The van der Waals surface area contributed by atoms with Gasteiger partial charge in [0.25, 0.3) is 0 Å². The highest BCUT2D eigenvalue weighted by Gasteiger charge is 2.32. The van der Waals surface area contributed by atoms with Gasteiger partial charge in [-0.15, -0.1) is 0 Å². The fourth-order valence-electron chi connectivity index (χ4n) is 2.30. The second kappa shape index (κ2) is 5.83. The quantitative estimate of drug-likeness (QED) is 0.755. The van der Waals surface area contributed by atoms with E-state index in [0.29, 0.717) is 6.10 Å². The van der Waals surface area contributed by atoms with Crippen molar-refractivity contribution in [3.05, 3.63) is 0 Å². The number of hydrogen-bond donors (Lipinski definition) is 1. The van der Waals surface area contributed by atoms with E-state index in [-0.39, 0.29) is 5.54 Å². The first kappa shape index (κ1) is 12.9. The molecule has 1 saturated heterocycles. The second-order valence-corrected chi connectivity index (χ2v) is 4.72. The fourth-order valence-corrected chi connectivity index (χ4v) is 2.30. The van der Waals surface area contributed by atoms with Crippen LogP contribution in [0.2, 0.25) is 0 Å². The van der Waals surface area contributed by atoms with Crippen LogP contribution in [0.4, 0.5) is 0 Å². The number of nitrogens with two attached hydrogens (primary N) is 1. The van der Waals surface area contributed by atoms with Crippen molar-refractivity contribution in [1.82, 2.24) is 4.90 Å². The van der Waals surface area contributed by atoms with Gasteiger partial charge in [0.1, 0.15) is 0 Å². The molecule has 0 spiro atoms. The van der Waals surface area contributed by atoms with E-state index in [1.54, 1.807) is 0 Å². The summed E-state index contributed by atoms with van der Waals surface area (Å²) < 4.78 is 5.71. The topological polar surface area (TPSA) is 38.5 Å².